The smallest absolute Gasteiger partial charge is 0.142 e. The minimum Gasteiger partial charge on any atom is -0.495 e. The predicted octanol–water partition coefficient (Wildman–Crippen LogP) is 2.39. The van der Waals surface area contributed by atoms with Crippen LogP contribution in [-0.4, -0.2) is 19.3 Å². The van der Waals surface area contributed by atoms with Crippen molar-refractivity contribution < 1.29 is 9.13 Å². The van der Waals surface area contributed by atoms with E-state index in [2.05, 4.69) is 5.32 Å². The van der Waals surface area contributed by atoms with Gasteiger partial charge in [-0.2, -0.15) is 0 Å². The molecular weight excluding hydrogens is 181 g/mol. The lowest BCUT2D eigenvalue weighted by atomic mass is 9.93. The first kappa shape index (κ1) is 9.31. The maximum atomic E-state index is 13.7. The normalized spacial score (nSPS) is 25.1. The van der Waals surface area contributed by atoms with Gasteiger partial charge in [-0.05, 0) is 18.6 Å². The number of nitrogens with one attached hydrogen (secondary N) is 1. The van der Waals surface area contributed by atoms with Gasteiger partial charge in [0.25, 0.3) is 0 Å². The van der Waals surface area contributed by atoms with E-state index in [-0.39, 0.29) is 0 Å². The summed E-state index contributed by atoms with van der Waals surface area (Å²) >= 11 is 0. The molecule has 2 nitrogen and oxygen atoms in total. The molecule has 1 unspecified atom stereocenters. The van der Waals surface area contributed by atoms with Crippen LogP contribution in [0.5, 0.6) is 5.75 Å². The molecule has 1 aliphatic rings. The number of fused-ring (bicyclic) bond motifs is 1. The molecule has 0 saturated carbocycles. The van der Waals surface area contributed by atoms with Crippen LogP contribution in [0.25, 0.3) is 0 Å². The van der Waals surface area contributed by atoms with Crippen LogP contribution in [0.2, 0.25) is 0 Å². The van der Waals surface area contributed by atoms with Crippen LogP contribution < -0.4 is 10.1 Å². The Morgan fingerprint density at radius 3 is 3.00 bits per heavy atom. The lowest BCUT2D eigenvalue weighted by Crippen LogP contribution is -2.35. The molecule has 0 radical (unpaired) electrons. The van der Waals surface area contributed by atoms with Gasteiger partial charge in [0.2, 0.25) is 0 Å². The van der Waals surface area contributed by atoms with Crippen LogP contribution >= 0.6 is 0 Å². The first-order valence-corrected chi connectivity index (χ1v) is 4.71. The first-order chi connectivity index (χ1) is 6.62. The summed E-state index contributed by atoms with van der Waals surface area (Å²) in [4.78, 5) is 0. The van der Waals surface area contributed by atoms with Gasteiger partial charge in [-0.3, -0.25) is 0 Å². The van der Waals surface area contributed by atoms with Gasteiger partial charge in [-0.25, -0.2) is 4.39 Å². The predicted molar refractivity (Wildman–Crippen MR) is 54.7 cm³/mol. The van der Waals surface area contributed by atoms with Gasteiger partial charge in [-0.1, -0.05) is 12.1 Å². The summed E-state index contributed by atoms with van der Waals surface area (Å²) in [6.45, 7) is 1.96. The number of benzene rings is 1. The molecule has 1 N–H and O–H groups in total. The largest absolute Gasteiger partial charge is 0.495 e. The molecule has 0 amide bonds. The Labute approximate surface area is 83.1 Å². The average molecular weight is 195 g/mol. The highest BCUT2D eigenvalue weighted by Gasteiger charge is 2.30. The Hall–Kier alpha value is -1.25. The van der Waals surface area contributed by atoms with Crippen molar-refractivity contribution in [2.45, 2.75) is 19.0 Å². The molecule has 14 heavy (non-hydrogen) atoms. The Balaban J connectivity index is 2.40. The van der Waals surface area contributed by atoms with Crippen molar-refractivity contribution in [3.8, 4) is 5.75 Å². The maximum absolute atomic E-state index is 13.7. The zero-order chi connectivity index (χ0) is 10.2. The average Bonchev–Trinajstić information content (AvgIpc) is 2.15. The molecule has 0 spiro atoms. The molecule has 3 heteroatoms. The molecule has 1 aliphatic heterocycles. The molecule has 1 aromatic rings. The van der Waals surface area contributed by atoms with Gasteiger partial charge in [-0.15, -0.1) is 0 Å². The van der Waals surface area contributed by atoms with Gasteiger partial charge < -0.3 is 10.1 Å². The van der Waals surface area contributed by atoms with Gasteiger partial charge in [0, 0.05) is 13.0 Å². The van der Waals surface area contributed by atoms with Crippen molar-refractivity contribution in [2.75, 3.05) is 19.0 Å². The highest BCUT2D eigenvalue weighted by atomic mass is 19.1. The van der Waals surface area contributed by atoms with Crippen LogP contribution in [0.3, 0.4) is 0 Å². The molecule has 1 heterocycles. The van der Waals surface area contributed by atoms with Gasteiger partial charge in [0.1, 0.15) is 11.4 Å². The summed E-state index contributed by atoms with van der Waals surface area (Å²) in [6, 6.07) is 5.70. The minimum atomic E-state index is -1.15. The van der Waals surface area contributed by atoms with Crippen molar-refractivity contribution in [2.24, 2.45) is 0 Å². The molecule has 1 aromatic carbocycles. The van der Waals surface area contributed by atoms with E-state index in [0.717, 1.165) is 17.0 Å². The molecule has 0 aromatic heterocycles. The molecule has 2 rings (SSSR count). The Bertz CT molecular complexity index is 349. The third-order valence-electron chi connectivity index (χ3n) is 2.53. The van der Waals surface area contributed by atoms with Gasteiger partial charge in [0.05, 0.1) is 12.8 Å². The number of alkyl halides is 1. The molecule has 0 aliphatic carbocycles. The zero-order valence-electron chi connectivity index (χ0n) is 8.43. The third kappa shape index (κ3) is 1.54. The summed E-state index contributed by atoms with van der Waals surface area (Å²) in [5.41, 5.74) is 0.769. The Kier molecular flexibility index (Phi) is 2.10. The van der Waals surface area contributed by atoms with Gasteiger partial charge in [0.15, 0.2) is 0 Å². The monoisotopic (exact) mass is 195 g/mol. The standard InChI is InChI=1S/C11H14FNO/c1-11(12)6-8-4-3-5-9(14-2)10(8)13-7-11/h3-5,13H,6-7H2,1-2H3. The number of para-hydroxylation sites is 1. The number of anilines is 1. The highest BCUT2D eigenvalue weighted by molar-refractivity contribution is 5.64. The van der Waals surface area contributed by atoms with E-state index in [9.17, 15) is 4.39 Å². The zero-order valence-corrected chi connectivity index (χ0v) is 8.43. The lowest BCUT2D eigenvalue weighted by molar-refractivity contribution is 0.201. The third-order valence-corrected chi connectivity index (χ3v) is 2.53. The van der Waals surface area contributed by atoms with Crippen molar-refractivity contribution in [3.05, 3.63) is 23.8 Å². The fraction of sp³-hybridized carbons (Fsp3) is 0.455. The van der Waals surface area contributed by atoms with E-state index in [1.54, 1.807) is 14.0 Å². The van der Waals surface area contributed by atoms with E-state index in [1.807, 2.05) is 18.2 Å². The summed E-state index contributed by atoms with van der Waals surface area (Å²) in [5, 5.41) is 3.07. The van der Waals surface area contributed by atoms with E-state index < -0.39 is 5.67 Å². The summed E-state index contributed by atoms with van der Waals surface area (Å²) < 4.78 is 18.9. The van der Waals surface area contributed by atoms with Crippen molar-refractivity contribution >= 4 is 5.69 Å². The molecule has 1 atom stereocenters. The van der Waals surface area contributed by atoms with Crippen LogP contribution in [0.15, 0.2) is 18.2 Å². The summed E-state index contributed by atoms with van der Waals surface area (Å²) in [6.07, 6.45) is 0.451. The molecule has 0 bridgehead atoms. The second-order valence-electron chi connectivity index (χ2n) is 3.94. The summed E-state index contributed by atoms with van der Waals surface area (Å²) in [5.74, 6) is 0.790. The van der Waals surface area contributed by atoms with E-state index >= 15 is 0 Å². The number of methoxy groups -OCH3 is 1. The quantitative estimate of drug-likeness (QED) is 0.743. The van der Waals surface area contributed by atoms with Crippen LogP contribution in [-0.2, 0) is 6.42 Å². The molecule has 0 fully saturated rings. The lowest BCUT2D eigenvalue weighted by Gasteiger charge is -2.29. The fourth-order valence-corrected chi connectivity index (χ4v) is 1.83. The second kappa shape index (κ2) is 3.15. The number of hydrogen-bond acceptors (Lipinski definition) is 2. The Morgan fingerprint density at radius 2 is 2.29 bits per heavy atom. The highest BCUT2D eigenvalue weighted by Crippen LogP contribution is 2.35. The van der Waals surface area contributed by atoms with Crippen molar-refractivity contribution in [1.82, 2.24) is 0 Å². The van der Waals surface area contributed by atoms with Crippen LogP contribution in [0.1, 0.15) is 12.5 Å². The topological polar surface area (TPSA) is 21.3 Å². The minimum absolute atomic E-state index is 0.348. The molecule has 0 saturated heterocycles. The number of rotatable bonds is 1. The first-order valence-electron chi connectivity index (χ1n) is 4.71. The molecular formula is C11H14FNO. The number of halogens is 1. The van der Waals surface area contributed by atoms with E-state index in [1.165, 1.54) is 0 Å². The second-order valence-corrected chi connectivity index (χ2v) is 3.94. The van der Waals surface area contributed by atoms with Crippen LogP contribution in [0.4, 0.5) is 10.1 Å². The number of hydrogen-bond donors (Lipinski definition) is 1. The van der Waals surface area contributed by atoms with Crippen molar-refractivity contribution in [1.29, 1.82) is 0 Å². The van der Waals surface area contributed by atoms with Crippen LogP contribution in [0, 0.1) is 0 Å². The van der Waals surface area contributed by atoms with Gasteiger partial charge >= 0.3 is 0 Å². The molecule has 76 valence electrons. The van der Waals surface area contributed by atoms with E-state index in [4.69, 9.17) is 4.74 Å². The maximum Gasteiger partial charge on any atom is 0.142 e. The summed E-state index contributed by atoms with van der Waals surface area (Å²) in [7, 11) is 1.63. The van der Waals surface area contributed by atoms with Crippen molar-refractivity contribution in [3.63, 3.8) is 0 Å². The Morgan fingerprint density at radius 1 is 1.50 bits per heavy atom. The fourth-order valence-electron chi connectivity index (χ4n) is 1.83. The SMILES string of the molecule is COc1cccc2c1NCC(C)(F)C2. The van der Waals surface area contributed by atoms with E-state index in [0.29, 0.717) is 13.0 Å². The number of ether oxygens (including phenoxy) is 1.